The van der Waals surface area contributed by atoms with Gasteiger partial charge >= 0.3 is 0 Å². The van der Waals surface area contributed by atoms with Gasteiger partial charge in [0.25, 0.3) is 5.91 Å². The van der Waals surface area contributed by atoms with Gasteiger partial charge in [0.2, 0.25) is 11.8 Å². The Bertz CT molecular complexity index is 734. The maximum atomic E-state index is 12.3. The van der Waals surface area contributed by atoms with Gasteiger partial charge in [-0.25, -0.2) is 0 Å². The van der Waals surface area contributed by atoms with Crippen LogP contribution >= 0.6 is 11.6 Å². The highest BCUT2D eigenvalue weighted by Gasteiger charge is 2.40. The summed E-state index contributed by atoms with van der Waals surface area (Å²) in [6, 6.07) is 2.30. The highest BCUT2D eigenvalue weighted by atomic mass is 35.5. The molecule has 2 aliphatic heterocycles. The van der Waals surface area contributed by atoms with E-state index in [1.807, 2.05) is 0 Å². The molecule has 2 heterocycles. The molecule has 1 fully saturated rings. The van der Waals surface area contributed by atoms with Gasteiger partial charge in [-0.2, -0.15) is 0 Å². The maximum absolute atomic E-state index is 12.3. The molecule has 1 atom stereocenters. The molecule has 3 amide bonds. The molecule has 1 unspecified atom stereocenters. The van der Waals surface area contributed by atoms with E-state index < -0.39 is 6.04 Å². The van der Waals surface area contributed by atoms with Crippen LogP contribution in [0.3, 0.4) is 0 Å². The van der Waals surface area contributed by atoms with Crippen LogP contribution in [-0.2, 0) is 20.8 Å². The van der Waals surface area contributed by atoms with Gasteiger partial charge in [-0.05, 0) is 31.5 Å². The molecule has 2 aliphatic rings. The number of fused-ring (bicyclic) bond motifs is 1. The smallest absolute Gasteiger partial charge is 0.252 e. The second-order valence-corrected chi connectivity index (χ2v) is 6.71. The van der Waals surface area contributed by atoms with Gasteiger partial charge in [-0.15, -0.1) is 0 Å². The maximum Gasteiger partial charge on any atom is 0.252 e. The Labute approximate surface area is 150 Å². The van der Waals surface area contributed by atoms with E-state index in [2.05, 4.69) is 5.32 Å². The third kappa shape index (κ3) is 3.56. The van der Waals surface area contributed by atoms with Crippen LogP contribution in [0.25, 0.3) is 0 Å². The number of ether oxygens (including phenoxy) is 2. The topological polar surface area (TPSA) is 84.9 Å². The molecule has 0 aliphatic carbocycles. The minimum atomic E-state index is -0.810. The zero-order valence-corrected chi connectivity index (χ0v) is 14.8. The van der Waals surface area contributed by atoms with Gasteiger partial charge in [-0.1, -0.05) is 11.6 Å². The Morgan fingerprint density at radius 1 is 1.32 bits per heavy atom. The van der Waals surface area contributed by atoms with Crippen LogP contribution in [-0.4, -0.2) is 47.9 Å². The van der Waals surface area contributed by atoms with E-state index in [-0.39, 0.29) is 36.6 Å². The molecule has 7 nitrogen and oxygen atoms in total. The summed E-state index contributed by atoms with van der Waals surface area (Å²) in [7, 11) is 0. The number of carbonyl (C=O) groups is 3. The van der Waals surface area contributed by atoms with Crippen molar-refractivity contribution in [2.24, 2.45) is 0 Å². The number of carbonyl (C=O) groups excluding carboxylic acids is 3. The molecule has 0 saturated carbocycles. The van der Waals surface area contributed by atoms with Crippen LogP contribution in [0.5, 0.6) is 11.5 Å². The van der Waals surface area contributed by atoms with E-state index in [1.54, 1.807) is 26.0 Å². The molecule has 1 aromatic rings. The number of amides is 3. The SMILES string of the molecule is CC(C)N1C(=O)CC(NC(=O)Cc2cc(Cl)c3c(c2)OCCO3)C1=O. The Kier molecular flexibility index (Phi) is 4.85. The molecule has 0 radical (unpaired) electrons. The number of benzene rings is 1. The van der Waals surface area contributed by atoms with Crippen molar-refractivity contribution in [3.63, 3.8) is 0 Å². The summed E-state index contributed by atoms with van der Waals surface area (Å²) in [5.41, 5.74) is 0.643. The summed E-state index contributed by atoms with van der Waals surface area (Å²) in [5.74, 6) is -0.0217. The fraction of sp³-hybridized carbons (Fsp3) is 0.471. The van der Waals surface area contributed by atoms with Gasteiger partial charge in [-0.3, -0.25) is 19.3 Å². The fourth-order valence-corrected chi connectivity index (χ4v) is 3.29. The summed E-state index contributed by atoms with van der Waals surface area (Å²) < 4.78 is 10.9. The van der Waals surface area contributed by atoms with E-state index >= 15 is 0 Å². The first-order chi connectivity index (χ1) is 11.9. The molecule has 1 aromatic carbocycles. The third-order valence-electron chi connectivity index (χ3n) is 4.06. The first-order valence-corrected chi connectivity index (χ1v) is 8.48. The molecule has 0 aromatic heterocycles. The average molecular weight is 367 g/mol. The van der Waals surface area contributed by atoms with Gasteiger partial charge in [0.1, 0.15) is 19.3 Å². The van der Waals surface area contributed by atoms with Crippen molar-refractivity contribution in [3.8, 4) is 11.5 Å². The van der Waals surface area contributed by atoms with Crippen LogP contribution in [0.1, 0.15) is 25.8 Å². The van der Waals surface area contributed by atoms with Crippen LogP contribution in [0, 0.1) is 0 Å². The summed E-state index contributed by atoms with van der Waals surface area (Å²) >= 11 is 6.16. The van der Waals surface area contributed by atoms with Gasteiger partial charge in [0, 0.05) is 6.04 Å². The zero-order valence-electron chi connectivity index (χ0n) is 14.0. The van der Waals surface area contributed by atoms with Crippen LogP contribution in [0.2, 0.25) is 5.02 Å². The van der Waals surface area contributed by atoms with Gasteiger partial charge < -0.3 is 14.8 Å². The highest BCUT2D eigenvalue weighted by Crippen LogP contribution is 2.38. The molecular weight excluding hydrogens is 348 g/mol. The van der Waals surface area contributed by atoms with Gasteiger partial charge in [0.15, 0.2) is 11.5 Å². The zero-order chi connectivity index (χ0) is 18.1. The molecule has 0 spiro atoms. The Balaban J connectivity index is 1.66. The molecule has 134 valence electrons. The Hall–Kier alpha value is -2.28. The standard InChI is InChI=1S/C17H19ClN2O5/c1-9(2)20-15(22)8-12(17(20)23)19-14(21)7-10-5-11(18)16-13(6-10)24-3-4-25-16/h5-6,9,12H,3-4,7-8H2,1-2H3,(H,19,21). The number of likely N-dealkylation sites (tertiary alicyclic amines) is 1. The van der Waals surface area contributed by atoms with E-state index in [0.717, 1.165) is 0 Å². The summed E-state index contributed by atoms with van der Waals surface area (Å²) in [4.78, 5) is 37.6. The van der Waals surface area contributed by atoms with Crippen LogP contribution in [0.15, 0.2) is 12.1 Å². The van der Waals surface area contributed by atoms with E-state index in [4.69, 9.17) is 21.1 Å². The molecule has 3 rings (SSSR count). The molecule has 8 heteroatoms. The number of nitrogens with one attached hydrogen (secondary N) is 1. The predicted molar refractivity (Wildman–Crippen MR) is 89.7 cm³/mol. The lowest BCUT2D eigenvalue weighted by molar-refractivity contribution is -0.141. The van der Waals surface area contributed by atoms with Crippen LogP contribution in [0.4, 0.5) is 0 Å². The summed E-state index contributed by atoms with van der Waals surface area (Å²) in [6.45, 7) is 4.37. The summed E-state index contributed by atoms with van der Waals surface area (Å²) in [5, 5.41) is 3.00. The minimum absolute atomic E-state index is 0.00928. The Morgan fingerprint density at radius 3 is 2.72 bits per heavy atom. The first kappa shape index (κ1) is 17.5. The number of hydrogen-bond donors (Lipinski definition) is 1. The van der Waals surface area contributed by atoms with Crippen molar-refractivity contribution in [2.45, 2.75) is 38.8 Å². The average Bonchev–Trinajstić information content (AvgIpc) is 2.81. The molecule has 0 bridgehead atoms. The van der Waals surface area contributed by atoms with Crippen molar-refractivity contribution in [2.75, 3.05) is 13.2 Å². The van der Waals surface area contributed by atoms with Crippen molar-refractivity contribution in [1.82, 2.24) is 10.2 Å². The normalized spacial score (nSPS) is 19.5. The third-order valence-corrected chi connectivity index (χ3v) is 4.34. The lowest BCUT2D eigenvalue weighted by Gasteiger charge is -2.20. The highest BCUT2D eigenvalue weighted by molar-refractivity contribution is 6.32. The van der Waals surface area contributed by atoms with E-state index in [9.17, 15) is 14.4 Å². The Morgan fingerprint density at radius 2 is 2.04 bits per heavy atom. The second-order valence-electron chi connectivity index (χ2n) is 6.30. The quantitative estimate of drug-likeness (QED) is 0.812. The van der Waals surface area contributed by atoms with Crippen molar-refractivity contribution < 1.29 is 23.9 Å². The van der Waals surface area contributed by atoms with E-state index in [0.29, 0.717) is 35.3 Å². The molecule has 1 N–H and O–H groups in total. The fourth-order valence-electron chi connectivity index (χ4n) is 3.00. The van der Waals surface area contributed by atoms with E-state index in [1.165, 1.54) is 4.90 Å². The number of nitrogens with zero attached hydrogens (tertiary/aromatic N) is 1. The second kappa shape index (κ2) is 6.92. The monoisotopic (exact) mass is 366 g/mol. The minimum Gasteiger partial charge on any atom is -0.486 e. The van der Waals surface area contributed by atoms with Gasteiger partial charge in [0.05, 0.1) is 17.9 Å². The van der Waals surface area contributed by atoms with Crippen molar-refractivity contribution in [1.29, 1.82) is 0 Å². The molecule has 1 saturated heterocycles. The molecular formula is C17H19ClN2O5. The summed E-state index contributed by atoms with van der Waals surface area (Å²) in [6.07, 6.45) is 0.0145. The number of halogens is 1. The number of imide groups is 1. The van der Waals surface area contributed by atoms with Crippen molar-refractivity contribution >= 4 is 29.3 Å². The number of rotatable bonds is 4. The first-order valence-electron chi connectivity index (χ1n) is 8.10. The largest absolute Gasteiger partial charge is 0.486 e. The molecule has 25 heavy (non-hydrogen) atoms. The lowest BCUT2D eigenvalue weighted by Crippen LogP contribution is -2.44. The number of hydrogen-bond acceptors (Lipinski definition) is 5. The van der Waals surface area contributed by atoms with Crippen LogP contribution < -0.4 is 14.8 Å². The lowest BCUT2D eigenvalue weighted by atomic mass is 10.1. The van der Waals surface area contributed by atoms with Crippen molar-refractivity contribution in [3.05, 3.63) is 22.7 Å². The predicted octanol–water partition coefficient (Wildman–Crippen LogP) is 1.31.